The Morgan fingerprint density at radius 3 is 2.23 bits per heavy atom. The first kappa shape index (κ1) is 24.4. The third-order valence-corrected chi connectivity index (χ3v) is 6.44. The highest BCUT2D eigenvalue weighted by Gasteiger charge is 2.30. The van der Waals surface area contributed by atoms with Crippen molar-refractivity contribution in [3.05, 3.63) is 64.7 Å². The van der Waals surface area contributed by atoms with Crippen molar-refractivity contribution in [2.45, 2.75) is 40.3 Å². The number of likely N-dealkylation sites (N-methyl/N-ethyl adjacent to an activating group) is 1. The number of amides is 2. The van der Waals surface area contributed by atoms with Gasteiger partial charge in [0.2, 0.25) is 21.8 Å². The second kappa shape index (κ2) is 9.96. The Hall–Kier alpha value is -2.87. The van der Waals surface area contributed by atoms with Crippen molar-refractivity contribution in [3.63, 3.8) is 0 Å². The van der Waals surface area contributed by atoms with Crippen LogP contribution in [0.4, 0.5) is 5.69 Å². The predicted molar refractivity (Wildman–Crippen MR) is 123 cm³/mol. The van der Waals surface area contributed by atoms with Gasteiger partial charge in [-0.3, -0.25) is 13.9 Å². The highest BCUT2D eigenvalue weighted by Crippen LogP contribution is 2.24. The molecular weight excluding hydrogens is 414 g/mol. The average Bonchev–Trinajstić information content (AvgIpc) is 2.70. The van der Waals surface area contributed by atoms with Crippen molar-refractivity contribution in [2.24, 2.45) is 0 Å². The number of hydrogen-bond acceptors (Lipinski definition) is 4. The van der Waals surface area contributed by atoms with E-state index in [4.69, 9.17) is 0 Å². The lowest BCUT2D eigenvalue weighted by Gasteiger charge is -2.32. The SMILES string of the molecule is CNC(=O)[C@@H](C)N(Cc1ccccc1C)C(=O)CN(c1ccc(C)cc1C)S(C)(=O)=O. The fraction of sp³-hybridized carbons (Fsp3) is 0.391. The Morgan fingerprint density at radius 1 is 1.03 bits per heavy atom. The molecule has 0 fully saturated rings. The van der Waals surface area contributed by atoms with E-state index in [0.29, 0.717) is 5.69 Å². The molecule has 0 spiro atoms. The second-order valence-corrected chi connectivity index (χ2v) is 9.70. The summed E-state index contributed by atoms with van der Waals surface area (Å²) in [6.07, 6.45) is 1.08. The Labute approximate surface area is 185 Å². The van der Waals surface area contributed by atoms with E-state index in [1.807, 2.05) is 57.2 Å². The van der Waals surface area contributed by atoms with Crippen LogP contribution < -0.4 is 9.62 Å². The maximum Gasteiger partial charge on any atom is 0.244 e. The van der Waals surface area contributed by atoms with Crippen molar-refractivity contribution < 1.29 is 18.0 Å². The van der Waals surface area contributed by atoms with Crippen LogP contribution in [0, 0.1) is 20.8 Å². The van der Waals surface area contributed by atoms with Crippen LogP contribution in [-0.4, -0.2) is 51.0 Å². The molecule has 31 heavy (non-hydrogen) atoms. The topological polar surface area (TPSA) is 86.8 Å². The quantitative estimate of drug-likeness (QED) is 0.677. The summed E-state index contributed by atoms with van der Waals surface area (Å²) in [7, 11) is -2.22. The highest BCUT2D eigenvalue weighted by atomic mass is 32.2. The van der Waals surface area contributed by atoms with E-state index in [-0.39, 0.29) is 12.5 Å². The summed E-state index contributed by atoms with van der Waals surface area (Å²) < 4.78 is 26.3. The lowest BCUT2D eigenvalue weighted by molar-refractivity contribution is -0.139. The number of aryl methyl sites for hydroxylation is 3. The zero-order valence-corrected chi connectivity index (χ0v) is 19.8. The van der Waals surface area contributed by atoms with Gasteiger partial charge in [0, 0.05) is 13.6 Å². The van der Waals surface area contributed by atoms with Crippen LogP contribution in [0.25, 0.3) is 0 Å². The number of benzene rings is 2. The van der Waals surface area contributed by atoms with Crippen LogP contribution in [0.3, 0.4) is 0 Å². The maximum absolute atomic E-state index is 13.4. The number of nitrogens with one attached hydrogen (secondary N) is 1. The number of nitrogens with zero attached hydrogens (tertiary/aromatic N) is 2. The smallest absolute Gasteiger partial charge is 0.244 e. The Balaban J connectivity index is 2.43. The van der Waals surface area contributed by atoms with Gasteiger partial charge in [0.1, 0.15) is 12.6 Å². The molecule has 0 aliphatic heterocycles. The molecule has 0 heterocycles. The molecule has 2 aromatic carbocycles. The van der Waals surface area contributed by atoms with E-state index in [9.17, 15) is 18.0 Å². The van der Waals surface area contributed by atoms with Gasteiger partial charge < -0.3 is 10.2 Å². The van der Waals surface area contributed by atoms with Crippen molar-refractivity contribution in [3.8, 4) is 0 Å². The third-order valence-electron chi connectivity index (χ3n) is 5.32. The first-order valence-electron chi connectivity index (χ1n) is 10.1. The van der Waals surface area contributed by atoms with E-state index >= 15 is 0 Å². The summed E-state index contributed by atoms with van der Waals surface area (Å²) in [5, 5.41) is 2.57. The molecule has 0 aliphatic rings. The minimum Gasteiger partial charge on any atom is -0.357 e. The molecule has 1 N–H and O–H groups in total. The molecule has 0 unspecified atom stereocenters. The van der Waals surface area contributed by atoms with E-state index in [1.54, 1.807) is 13.0 Å². The molecule has 0 radical (unpaired) electrons. The number of hydrogen-bond donors (Lipinski definition) is 1. The molecule has 1 atom stereocenters. The third kappa shape index (κ3) is 6.07. The fourth-order valence-electron chi connectivity index (χ4n) is 3.44. The van der Waals surface area contributed by atoms with Gasteiger partial charge in [-0.2, -0.15) is 0 Å². The van der Waals surface area contributed by atoms with Crippen LogP contribution >= 0.6 is 0 Å². The maximum atomic E-state index is 13.4. The van der Waals surface area contributed by atoms with E-state index in [0.717, 1.165) is 32.8 Å². The molecule has 0 saturated heterocycles. The van der Waals surface area contributed by atoms with Crippen LogP contribution in [-0.2, 0) is 26.2 Å². The normalized spacial score (nSPS) is 12.2. The summed E-state index contributed by atoms with van der Waals surface area (Å²) >= 11 is 0. The van der Waals surface area contributed by atoms with Gasteiger partial charge in [0.05, 0.1) is 11.9 Å². The van der Waals surface area contributed by atoms with Gasteiger partial charge in [0.15, 0.2) is 0 Å². The molecule has 2 aromatic rings. The minimum atomic E-state index is -3.73. The van der Waals surface area contributed by atoms with Gasteiger partial charge in [0.25, 0.3) is 0 Å². The zero-order valence-electron chi connectivity index (χ0n) is 19.0. The largest absolute Gasteiger partial charge is 0.357 e. The number of carbonyl (C=O) groups is 2. The van der Waals surface area contributed by atoms with Crippen molar-refractivity contribution in [1.82, 2.24) is 10.2 Å². The standard InChI is InChI=1S/C23H31N3O4S/c1-16-11-12-21(18(3)13-16)26(31(6,29)30)15-22(27)25(19(4)23(28)24-5)14-20-10-8-7-9-17(20)2/h7-13,19H,14-15H2,1-6H3,(H,24,28)/t19-/m1/s1. The van der Waals surface area contributed by atoms with E-state index < -0.39 is 28.5 Å². The van der Waals surface area contributed by atoms with Crippen LogP contribution in [0.5, 0.6) is 0 Å². The zero-order chi connectivity index (χ0) is 23.3. The molecule has 7 nitrogen and oxygen atoms in total. The van der Waals surface area contributed by atoms with Gasteiger partial charge >= 0.3 is 0 Å². The van der Waals surface area contributed by atoms with Crippen LogP contribution in [0.15, 0.2) is 42.5 Å². The molecule has 0 saturated carbocycles. The van der Waals surface area contributed by atoms with Crippen LogP contribution in [0.2, 0.25) is 0 Å². The van der Waals surface area contributed by atoms with Crippen molar-refractivity contribution in [2.75, 3.05) is 24.2 Å². The first-order chi connectivity index (χ1) is 14.5. The van der Waals surface area contributed by atoms with Gasteiger partial charge in [-0.1, -0.05) is 42.0 Å². The van der Waals surface area contributed by atoms with E-state index in [2.05, 4.69) is 5.32 Å². The first-order valence-corrected chi connectivity index (χ1v) is 11.9. The molecular formula is C23H31N3O4S. The molecule has 168 valence electrons. The molecule has 8 heteroatoms. The summed E-state index contributed by atoms with van der Waals surface area (Å²) in [4.78, 5) is 27.1. The van der Waals surface area contributed by atoms with Gasteiger partial charge in [-0.05, 0) is 50.5 Å². The molecule has 0 bridgehead atoms. The molecule has 0 aliphatic carbocycles. The lowest BCUT2D eigenvalue weighted by atomic mass is 10.1. The summed E-state index contributed by atoms with van der Waals surface area (Å²) in [6, 6.07) is 12.2. The molecule has 2 rings (SSSR count). The van der Waals surface area contributed by atoms with Gasteiger partial charge in [-0.15, -0.1) is 0 Å². The Kier molecular flexibility index (Phi) is 7.84. The predicted octanol–water partition coefficient (Wildman–Crippen LogP) is 2.54. The van der Waals surface area contributed by atoms with E-state index in [1.165, 1.54) is 11.9 Å². The summed E-state index contributed by atoms with van der Waals surface area (Å²) in [6.45, 7) is 7.10. The monoisotopic (exact) mass is 445 g/mol. The lowest BCUT2D eigenvalue weighted by Crippen LogP contribution is -2.50. The Morgan fingerprint density at radius 2 is 1.68 bits per heavy atom. The number of rotatable bonds is 8. The average molecular weight is 446 g/mol. The summed E-state index contributed by atoms with van der Waals surface area (Å²) in [5.41, 5.74) is 4.08. The highest BCUT2D eigenvalue weighted by molar-refractivity contribution is 7.92. The fourth-order valence-corrected chi connectivity index (χ4v) is 4.35. The van der Waals surface area contributed by atoms with Crippen molar-refractivity contribution >= 4 is 27.5 Å². The summed E-state index contributed by atoms with van der Waals surface area (Å²) in [5.74, 6) is -0.774. The minimum absolute atomic E-state index is 0.199. The number of anilines is 1. The van der Waals surface area contributed by atoms with Gasteiger partial charge in [-0.25, -0.2) is 8.42 Å². The molecule has 0 aromatic heterocycles. The van der Waals surface area contributed by atoms with Crippen molar-refractivity contribution in [1.29, 1.82) is 0 Å². The van der Waals surface area contributed by atoms with Crippen LogP contribution in [0.1, 0.15) is 29.2 Å². The number of sulfonamides is 1. The molecule has 2 amide bonds. The number of carbonyl (C=O) groups excluding carboxylic acids is 2. The second-order valence-electron chi connectivity index (χ2n) is 7.80. The Bertz CT molecular complexity index is 1070.